The van der Waals surface area contributed by atoms with E-state index in [1.54, 1.807) is 18.2 Å². The van der Waals surface area contributed by atoms with Crippen LogP contribution in [-0.2, 0) is 9.59 Å². The fourth-order valence-corrected chi connectivity index (χ4v) is 3.15. The van der Waals surface area contributed by atoms with E-state index in [4.69, 9.17) is 16.3 Å². The lowest BCUT2D eigenvalue weighted by Gasteiger charge is -2.32. The maximum absolute atomic E-state index is 12.3. The first kappa shape index (κ1) is 16.6. The molecule has 1 aliphatic carbocycles. The Morgan fingerprint density at radius 3 is 2.59 bits per heavy atom. The molecule has 1 saturated carbocycles. The van der Waals surface area contributed by atoms with Crippen LogP contribution in [0.2, 0.25) is 5.02 Å². The number of carbonyl (C=O) groups excluding carboxylic acids is 1. The normalized spacial score (nSPS) is 16.8. The number of rotatable bonds is 5. The molecule has 0 aliphatic heterocycles. The summed E-state index contributed by atoms with van der Waals surface area (Å²) in [5.41, 5.74) is -0.495. The minimum atomic E-state index is -0.950. The molecule has 0 saturated heterocycles. The van der Waals surface area contributed by atoms with Gasteiger partial charge in [0.2, 0.25) is 5.91 Å². The van der Waals surface area contributed by atoms with Crippen molar-refractivity contribution < 1.29 is 19.4 Å². The van der Waals surface area contributed by atoms with Crippen molar-refractivity contribution in [2.75, 3.05) is 12.4 Å². The molecule has 2 rings (SSSR count). The van der Waals surface area contributed by atoms with Crippen LogP contribution in [0, 0.1) is 5.41 Å². The zero-order chi connectivity index (χ0) is 16.2. The Kier molecular flexibility index (Phi) is 5.29. The molecule has 1 aromatic rings. The first-order chi connectivity index (χ1) is 10.5. The number of carbonyl (C=O) groups is 2. The Hall–Kier alpha value is -1.75. The predicted molar refractivity (Wildman–Crippen MR) is 84.4 cm³/mol. The van der Waals surface area contributed by atoms with Gasteiger partial charge in [-0.1, -0.05) is 30.9 Å². The number of carboxylic acid groups (broad SMARTS) is 1. The van der Waals surface area contributed by atoms with Gasteiger partial charge in [-0.2, -0.15) is 0 Å². The second-order valence-electron chi connectivity index (χ2n) is 5.72. The number of aliphatic carboxylic acids is 1. The standard InChI is InChI=1S/C16H20ClNO4/c1-22-13-6-5-11(17)9-12(13)18-14(19)10-16(15(20)21)7-3-2-4-8-16/h5-6,9H,2-4,7-8,10H2,1H3,(H,18,19)(H,20,21). The molecule has 0 atom stereocenters. The highest BCUT2D eigenvalue weighted by molar-refractivity contribution is 6.31. The quantitative estimate of drug-likeness (QED) is 0.865. The third kappa shape index (κ3) is 3.71. The Morgan fingerprint density at radius 2 is 2.00 bits per heavy atom. The maximum atomic E-state index is 12.3. The zero-order valence-corrected chi connectivity index (χ0v) is 13.3. The second kappa shape index (κ2) is 7.01. The molecule has 1 amide bonds. The van der Waals surface area contributed by atoms with Crippen LogP contribution in [0.3, 0.4) is 0 Å². The summed E-state index contributed by atoms with van der Waals surface area (Å²) in [6, 6.07) is 4.91. The van der Waals surface area contributed by atoms with Crippen molar-refractivity contribution in [1.82, 2.24) is 0 Å². The van der Waals surface area contributed by atoms with E-state index in [1.165, 1.54) is 7.11 Å². The molecule has 0 spiro atoms. The number of methoxy groups -OCH3 is 1. The average molecular weight is 326 g/mol. The molecule has 2 N–H and O–H groups in total. The number of carboxylic acids is 1. The van der Waals surface area contributed by atoms with Crippen molar-refractivity contribution in [3.63, 3.8) is 0 Å². The molecule has 1 fully saturated rings. The van der Waals surface area contributed by atoms with Crippen molar-refractivity contribution in [2.24, 2.45) is 5.41 Å². The van der Waals surface area contributed by atoms with Crippen molar-refractivity contribution in [2.45, 2.75) is 38.5 Å². The lowest BCUT2D eigenvalue weighted by Crippen LogP contribution is -2.37. The Labute approximate surface area is 134 Å². The topological polar surface area (TPSA) is 75.6 Å². The van der Waals surface area contributed by atoms with Crippen LogP contribution >= 0.6 is 11.6 Å². The summed E-state index contributed by atoms with van der Waals surface area (Å²) in [4.78, 5) is 23.9. The summed E-state index contributed by atoms with van der Waals surface area (Å²) in [7, 11) is 1.50. The highest BCUT2D eigenvalue weighted by atomic mass is 35.5. The van der Waals surface area contributed by atoms with E-state index in [1.807, 2.05) is 0 Å². The number of hydrogen-bond acceptors (Lipinski definition) is 3. The Morgan fingerprint density at radius 1 is 1.32 bits per heavy atom. The van der Waals surface area contributed by atoms with E-state index in [2.05, 4.69) is 5.32 Å². The van der Waals surface area contributed by atoms with Gasteiger partial charge in [-0.15, -0.1) is 0 Å². The molecule has 0 heterocycles. The van der Waals surface area contributed by atoms with E-state index in [0.717, 1.165) is 19.3 Å². The number of nitrogens with one attached hydrogen (secondary N) is 1. The summed E-state index contributed by atoms with van der Waals surface area (Å²) >= 11 is 5.93. The molecule has 1 aliphatic rings. The third-order valence-corrected chi connectivity index (χ3v) is 4.43. The summed E-state index contributed by atoms with van der Waals surface area (Å²) in [5.74, 6) is -0.726. The van der Waals surface area contributed by atoms with Gasteiger partial charge in [-0.3, -0.25) is 9.59 Å². The summed E-state index contributed by atoms with van der Waals surface area (Å²) < 4.78 is 5.17. The van der Waals surface area contributed by atoms with Crippen LogP contribution < -0.4 is 10.1 Å². The molecule has 0 aromatic heterocycles. The number of benzene rings is 1. The Bertz CT molecular complexity index is 567. The monoisotopic (exact) mass is 325 g/mol. The summed E-state index contributed by atoms with van der Waals surface area (Å²) in [5, 5.41) is 12.7. The molecule has 0 bridgehead atoms. The van der Waals surface area contributed by atoms with E-state index >= 15 is 0 Å². The zero-order valence-electron chi connectivity index (χ0n) is 12.5. The number of anilines is 1. The van der Waals surface area contributed by atoms with Crippen molar-refractivity contribution in [3.05, 3.63) is 23.2 Å². The molecule has 120 valence electrons. The van der Waals surface area contributed by atoms with Crippen LogP contribution in [0.1, 0.15) is 38.5 Å². The van der Waals surface area contributed by atoms with Gasteiger partial charge in [0.15, 0.2) is 0 Å². The molecule has 5 nitrogen and oxygen atoms in total. The van der Waals surface area contributed by atoms with Crippen molar-refractivity contribution >= 4 is 29.2 Å². The van der Waals surface area contributed by atoms with Gasteiger partial charge in [0.05, 0.1) is 18.2 Å². The number of ether oxygens (including phenoxy) is 1. The lowest BCUT2D eigenvalue weighted by molar-refractivity contribution is -0.153. The second-order valence-corrected chi connectivity index (χ2v) is 6.15. The van der Waals surface area contributed by atoms with Crippen LogP contribution in [0.5, 0.6) is 5.75 Å². The minimum absolute atomic E-state index is 0.0298. The lowest BCUT2D eigenvalue weighted by atomic mass is 9.71. The van der Waals surface area contributed by atoms with Gasteiger partial charge < -0.3 is 15.2 Å². The van der Waals surface area contributed by atoms with Gasteiger partial charge in [-0.25, -0.2) is 0 Å². The molecule has 6 heteroatoms. The molecular formula is C16H20ClNO4. The number of hydrogen-bond donors (Lipinski definition) is 2. The third-order valence-electron chi connectivity index (χ3n) is 4.20. The fraction of sp³-hybridized carbons (Fsp3) is 0.500. The van der Waals surface area contributed by atoms with Crippen LogP contribution in [0.4, 0.5) is 5.69 Å². The molecular weight excluding hydrogens is 306 g/mol. The minimum Gasteiger partial charge on any atom is -0.495 e. The highest BCUT2D eigenvalue weighted by Gasteiger charge is 2.41. The van der Waals surface area contributed by atoms with Gasteiger partial charge in [0, 0.05) is 11.4 Å². The van der Waals surface area contributed by atoms with Gasteiger partial charge in [-0.05, 0) is 31.0 Å². The first-order valence-corrected chi connectivity index (χ1v) is 7.71. The molecule has 22 heavy (non-hydrogen) atoms. The van der Waals surface area contributed by atoms with Gasteiger partial charge >= 0.3 is 5.97 Å². The van der Waals surface area contributed by atoms with Crippen LogP contribution in [-0.4, -0.2) is 24.1 Å². The smallest absolute Gasteiger partial charge is 0.310 e. The molecule has 1 aromatic carbocycles. The van der Waals surface area contributed by atoms with Crippen molar-refractivity contribution in [1.29, 1.82) is 0 Å². The summed E-state index contributed by atoms with van der Waals surface area (Å²) in [6.45, 7) is 0. The van der Waals surface area contributed by atoms with E-state index in [9.17, 15) is 14.7 Å². The van der Waals surface area contributed by atoms with Crippen LogP contribution in [0.25, 0.3) is 0 Å². The number of amides is 1. The largest absolute Gasteiger partial charge is 0.495 e. The summed E-state index contributed by atoms with van der Waals surface area (Å²) in [6.07, 6.45) is 3.78. The molecule has 0 radical (unpaired) electrons. The average Bonchev–Trinajstić information content (AvgIpc) is 2.48. The van der Waals surface area contributed by atoms with Crippen molar-refractivity contribution in [3.8, 4) is 5.75 Å². The predicted octanol–water partition coefficient (Wildman–Crippen LogP) is 3.71. The van der Waals surface area contributed by atoms with E-state index < -0.39 is 11.4 Å². The molecule has 0 unspecified atom stereocenters. The first-order valence-electron chi connectivity index (χ1n) is 7.34. The van der Waals surface area contributed by atoms with E-state index in [-0.39, 0.29) is 12.3 Å². The van der Waals surface area contributed by atoms with E-state index in [0.29, 0.717) is 29.3 Å². The SMILES string of the molecule is COc1ccc(Cl)cc1NC(=O)CC1(C(=O)O)CCCCC1. The van der Waals surface area contributed by atoms with Crippen LogP contribution in [0.15, 0.2) is 18.2 Å². The number of halogens is 1. The van der Waals surface area contributed by atoms with Gasteiger partial charge in [0.25, 0.3) is 0 Å². The van der Waals surface area contributed by atoms with Gasteiger partial charge in [0.1, 0.15) is 5.75 Å². The highest BCUT2D eigenvalue weighted by Crippen LogP contribution is 2.40. The maximum Gasteiger partial charge on any atom is 0.310 e. The fourth-order valence-electron chi connectivity index (χ4n) is 2.97. The Balaban J connectivity index is 2.12.